The Bertz CT molecular complexity index is 790. The number of hydrogen-bond donors (Lipinski definition) is 1. The fraction of sp³-hybridized carbons (Fsp3) is 0.409. The molecule has 1 saturated heterocycles. The minimum absolute atomic E-state index is 0.192. The standard InChI is InChI=1S/C22H25FN2O2/c23-18-5-3-17(4-6-18)22(11-1-2-12-22)21(27)25-15-13-24(14-16-25)19-7-9-20(26)10-8-19/h3-10,26H,1-2,11-16H2. The number of benzene rings is 2. The summed E-state index contributed by atoms with van der Waals surface area (Å²) in [6.07, 6.45) is 3.76. The number of nitrogens with zero attached hydrogens (tertiary/aromatic N) is 2. The molecule has 27 heavy (non-hydrogen) atoms. The summed E-state index contributed by atoms with van der Waals surface area (Å²) >= 11 is 0. The van der Waals surface area contributed by atoms with Crippen molar-refractivity contribution in [3.63, 3.8) is 0 Å². The Hall–Kier alpha value is -2.56. The van der Waals surface area contributed by atoms with E-state index in [9.17, 15) is 14.3 Å². The average Bonchev–Trinajstić information content (AvgIpc) is 3.20. The van der Waals surface area contributed by atoms with Crippen LogP contribution in [0.5, 0.6) is 5.75 Å². The highest BCUT2D eigenvalue weighted by molar-refractivity contribution is 5.89. The van der Waals surface area contributed by atoms with Crippen LogP contribution in [0, 0.1) is 5.82 Å². The Balaban J connectivity index is 1.49. The number of carbonyl (C=O) groups excluding carboxylic acids is 1. The van der Waals surface area contributed by atoms with Gasteiger partial charge in [-0.15, -0.1) is 0 Å². The molecule has 0 radical (unpaired) electrons. The lowest BCUT2D eigenvalue weighted by atomic mass is 9.77. The van der Waals surface area contributed by atoms with Gasteiger partial charge in [0.2, 0.25) is 5.91 Å². The Morgan fingerprint density at radius 2 is 1.48 bits per heavy atom. The molecule has 1 N–H and O–H groups in total. The number of rotatable bonds is 3. The fourth-order valence-electron chi connectivity index (χ4n) is 4.51. The van der Waals surface area contributed by atoms with E-state index < -0.39 is 5.41 Å². The molecule has 5 heteroatoms. The summed E-state index contributed by atoms with van der Waals surface area (Å²) in [5.41, 5.74) is 1.52. The second-order valence-corrected chi connectivity index (χ2v) is 7.59. The molecule has 0 bridgehead atoms. The second-order valence-electron chi connectivity index (χ2n) is 7.59. The number of piperazine rings is 1. The monoisotopic (exact) mass is 368 g/mol. The van der Waals surface area contributed by atoms with Crippen LogP contribution in [0.25, 0.3) is 0 Å². The summed E-state index contributed by atoms with van der Waals surface area (Å²) < 4.78 is 13.4. The molecule has 4 rings (SSSR count). The minimum Gasteiger partial charge on any atom is -0.508 e. The lowest BCUT2D eigenvalue weighted by Crippen LogP contribution is -2.54. The van der Waals surface area contributed by atoms with Crippen molar-refractivity contribution in [1.29, 1.82) is 0 Å². The quantitative estimate of drug-likeness (QED) is 0.899. The van der Waals surface area contributed by atoms with Crippen molar-refractivity contribution in [2.45, 2.75) is 31.1 Å². The number of phenols is 1. The van der Waals surface area contributed by atoms with Crippen molar-refractivity contribution in [3.8, 4) is 5.75 Å². The van der Waals surface area contributed by atoms with E-state index >= 15 is 0 Å². The zero-order valence-corrected chi connectivity index (χ0v) is 15.4. The van der Waals surface area contributed by atoms with E-state index in [-0.39, 0.29) is 17.5 Å². The van der Waals surface area contributed by atoms with Gasteiger partial charge in [0, 0.05) is 31.9 Å². The number of carbonyl (C=O) groups is 1. The highest BCUT2D eigenvalue weighted by atomic mass is 19.1. The third-order valence-electron chi connectivity index (χ3n) is 6.05. The van der Waals surface area contributed by atoms with Crippen molar-refractivity contribution in [3.05, 3.63) is 59.9 Å². The van der Waals surface area contributed by atoms with Crippen molar-refractivity contribution >= 4 is 11.6 Å². The molecule has 1 saturated carbocycles. The molecule has 2 aromatic carbocycles. The molecule has 2 aromatic rings. The molecule has 1 amide bonds. The van der Waals surface area contributed by atoms with Gasteiger partial charge in [-0.1, -0.05) is 25.0 Å². The van der Waals surface area contributed by atoms with Crippen LogP contribution in [-0.2, 0) is 10.2 Å². The molecule has 0 unspecified atom stereocenters. The Labute approximate surface area is 159 Å². The van der Waals surface area contributed by atoms with Crippen molar-refractivity contribution in [1.82, 2.24) is 4.90 Å². The van der Waals surface area contributed by atoms with Gasteiger partial charge in [0.05, 0.1) is 5.41 Å². The summed E-state index contributed by atoms with van der Waals surface area (Å²) in [6, 6.07) is 13.7. The molecular weight excluding hydrogens is 343 g/mol. The van der Waals surface area contributed by atoms with Crippen LogP contribution in [0.3, 0.4) is 0 Å². The first-order valence-electron chi connectivity index (χ1n) is 9.68. The first-order chi connectivity index (χ1) is 13.1. The van der Waals surface area contributed by atoms with E-state index in [1.807, 2.05) is 17.0 Å². The topological polar surface area (TPSA) is 43.8 Å². The third kappa shape index (κ3) is 3.38. The molecule has 2 aliphatic rings. The minimum atomic E-state index is -0.492. The molecule has 0 atom stereocenters. The fourth-order valence-corrected chi connectivity index (χ4v) is 4.51. The zero-order chi connectivity index (χ0) is 18.9. The maximum atomic E-state index is 13.5. The predicted molar refractivity (Wildman–Crippen MR) is 103 cm³/mol. The molecule has 0 spiro atoms. The molecule has 0 aromatic heterocycles. The Kier molecular flexibility index (Phi) is 4.77. The summed E-state index contributed by atoms with van der Waals surface area (Å²) in [5, 5.41) is 9.45. The lowest BCUT2D eigenvalue weighted by molar-refractivity contribution is -0.137. The van der Waals surface area contributed by atoms with Crippen LogP contribution < -0.4 is 4.90 Å². The number of aromatic hydroxyl groups is 1. The first-order valence-corrected chi connectivity index (χ1v) is 9.68. The molecule has 142 valence electrons. The van der Waals surface area contributed by atoms with Crippen molar-refractivity contribution in [2.75, 3.05) is 31.1 Å². The molecule has 1 aliphatic carbocycles. The number of anilines is 1. The molecule has 1 aliphatic heterocycles. The Morgan fingerprint density at radius 1 is 0.889 bits per heavy atom. The SMILES string of the molecule is O=C(N1CCN(c2ccc(O)cc2)CC1)C1(c2ccc(F)cc2)CCCC1. The predicted octanol–water partition coefficient (Wildman–Crippen LogP) is 3.69. The van der Waals surface area contributed by atoms with Gasteiger partial charge in [0.25, 0.3) is 0 Å². The maximum absolute atomic E-state index is 13.5. The maximum Gasteiger partial charge on any atom is 0.233 e. The van der Waals surface area contributed by atoms with Crippen LogP contribution in [0.4, 0.5) is 10.1 Å². The van der Waals surface area contributed by atoms with Crippen LogP contribution in [0.2, 0.25) is 0 Å². The van der Waals surface area contributed by atoms with E-state index in [2.05, 4.69) is 4.90 Å². The highest BCUT2D eigenvalue weighted by Crippen LogP contribution is 2.43. The second kappa shape index (κ2) is 7.22. The van der Waals surface area contributed by atoms with Gasteiger partial charge in [0.1, 0.15) is 11.6 Å². The normalized spacial score (nSPS) is 19.3. The highest BCUT2D eigenvalue weighted by Gasteiger charge is 2.45. The number of phenolic OH excluding ortho intramolecular Hbond substituents is 1. The van der Waals surface area contributed by atoms with Crippen LogP contribution in [0.1, 0.15) is 31.2 Å². The van der Waals surface area contributed by atoms with Gasteiger partial charge in [0.15, 0.2) is 0 Å². The van der Waals surface area contributed by atoms with Gasteiger partial charge < -0.3 is 14.9 Å². The van der Waals surface area contributed by atoms with Crippen LogP contribution in [0.15, 0.2) is 48.5 Å². The van der Waals surface area contributed by atoms with E-state index in [4.69, 9.17) is 0 Å². The van der Waals surface area contributed by atoms with E-state index in [0.29, 0.717) is 13.1 Å². The summed E-state index contributed by atoms with van der Waals surface area (Å²) in [6.45, 7) is 2.91. The molecule has 2 fully saturated rings. The molecular formula is C22H25FN2O2. The van der Waals surface area contributed by atoms with E-state index in [0.717, 1.165) is 50.0 Å². The average molecular weight is 368 g/mol. The third-order valence-corrected chi connectivity index (χ3v) is 6.05. The smallest absolute Gasteiger partial charge is 0.233 e. The van der Waals surface area contributed by atoms with Gasteiger partial charge in [-0.25, -0.2) is 4.39 Å². The number of halogens is 1. The van der Waals surface area contributed by atoms with Gasteiger partial charge >= 0.3 is 0 Å². The summed E-state index contributed by atoms with van der Waals surface area (Å²) in [7, 11) is 0. The summed E-state index contributed by atoms with van der Waals surface area (Å²) in [4.78, 5) is 17.7. The van der Waals surface area contributed by atoms with Crippen molar-refractivity contribution in [2.24, 2.45) is 0 Å². The van der Waals surface area contributed by atoms with Gasteiger partial charge in [-0.3, -0.25) is 4.79 Å². The summed E-state index contributed by atoms with van der Waals surface area (Å²) in [5.74, 6) is 0.189. The molecule has 1 heterocycles. The largest absolute Gasteiger partial charge is 0.508 e. The van der Waals surface area contributed by atoms with Gasteiger partial charge in [-0.05, 0) is 54.8 Å². The number of amides is 1. The van der Waals surface area contributed by atoms with E-state index in [1.165, 1.54) is 12.1 Å². The van der Waals surface area contributed by atoms with Crippen LogP contribution in [-0.4, -0.2) is 42.1 Å². The zero-order valence-electron chi connectivity index (χ0n) is 15.4. The van der Waals surface area contributed by atoms with Crippen molar-refractivity contribution < 1.29 is 14.3 Å². The van der Waals surface area contributed by atoms with Gasteiger partial charge in [-0.2, -0.15) is 0 Å². The Morgan fingerprint density at radius 3 is 2.07 bits per heavy atom. The lowest BCUT2D eigenvalue weighted by Gasteiger charge is -2.40. The van der Waals surface area contributed by atoms with E-state index in [1.54, 1.807) is 24.3 Å². The molecule has 4 nitrogen and oxygen atoms in total. The number of hydrogen-bond acceptors (Lipinski definition) is 3. The van der Waals surface area contributed by atoms with Crippen LogP contribution >= 0.6 is 0 Å². The first kappa shape index (κ1) is 17.8.